The van der Waals surface area contributed by atoms with Crippen LogP contribution in [0.5, 0.6) is 0 Å². The minimum absolute atomic E-state index is 0. The summed E-state index contributed by atoms with van der Waals surface area (Å²) in [5, 5.41) is 3.54. The van der Waals surface area contributed by atoms with Crippen molar-refractivity contribution in [2.45, 2.75) is 70.1 Å². The summed E-state index contributed by atoms with van der Waals surface area (Å²) in [5.41, 5.74) is 14.0. The molecule has 0 aliphatic carbocycles. The van der Waals surface area contributed by atoms with Crippen LogP contribution in [-0.4, -0.2) is 32.8 Å². The molecule has 0 N–H and O–H groups in total. The van der Waals surface area contributed by atoms with Crippen molar-refractivity contribution in [1.29, 1.82) is 0 Å². The van der Waals surface area contributed by atoms with E-state index in [1.54, 1.807) is 6.07 Å². The van der Waals surface area contributed by atoms with Gasteiger partial charge in [0.2, 0.25) is 5.71 Å². The van der Waals surface area contributed by atoms with Gasteiger partial charge in [-0.25, -0.2) is 9.37 Å². The average Bonchev–Trinajstić information content (AvgIpc) is 3.92. The maximum Gasteiger partial charge on any atom is 0 e. The van der Waals surface area contributed by atoms with Crippen molar-refractivity contribution in [3.63, 3.8) is 0 Å². The third-order valence-electron chi connectivity index (χ3n) is 12.9. The van der Waals surface area contributed by atoms with Gasteiger partial charge in [-0.3, -0.25) is 4.98 Å². The first-order valence-electron chi connectivity index (χ1n) is 24.0. The van der Waals surface area contributed by atoms with Gasteiger partial charge in [0.05, 0.1) is 28.1 Å². The number of furan rings is 1. The minimum atomic E-state index is -2.03. The number of nitrogens with zero attached hydrogens (tertiary/aromatic N) is 4. The molecule has 8 heteroatoms. The van der Waals surface area contributed by atoms with Crippen LogP contribution >= 0.6 is 0 Å². The standard InChI is InChI=1S/C45H33FN3O.C17H22GeN.Ir/c1-27-18-21-35-34-16-11-17-36(42(34)50-44(35)47-27)43-48-40-33-22-20-32(46)24-30(33)19-23-39(40)49(43)41-37(28-12-7-5-8-13-28)25-31(45(2,3)4)26-38(41)29-14-9-6-10-15-29;1-13(2)15-11-17(14-9-7-6-8-10-14)19-12-16(15)18(3,4)5;/h5-16,18-26H,1-4H3;6-9,11-13H,1-5H3;/q2*-1;/i;13D;. The molecule has 5 nitrogen and oxygen atoms in total. The van der Waals surface area contributed by atoms with E-state index < -0.39 is 19.2 Å². The minimum Gasteiger partial charge on any atom is 0 e. The molecule has 11 aromatic rings. The average molecular weight is 1160 g/mol. The SMILES string of the molecule is Cc1ccc2c(n1)oc1c(-c3nc4c5ccc(F)cc5ccc4n3-c3c(-c4ccccc4)cc(C(C)(C)C)cc3-c3ccccc3)[c-]ccc12.[2H]C(C)(C)c1cc(-c2[c-]cccc2)nc[c]1[Ge]([CH3])([CH3])[CH3].[Ir]. The van der Waals surface area contributed by atoms with Gasteiger partial charge < -0.3 is 8.98 Å². The second-order valence-electron chi connectivity index (χ2n) is 20.1. The molecule has 11 rings (SSSR count). The van der Waals surface area contributed by atoms with Crippen LogP contribution in [0.2, 0.25) is 17.3 Å². The van der Waals surface area contributed by atoms with Gasteiger partial charge in [0.15, 0.2) is 0 Å². The number of halogens is 1. The van der Waals surface area contributed by atoms with E-state index in [0.29, 0.717) is 17.1 Å². The van der Waals surface area contributed by atoms with Crippen molar-refractivity contribution in [2.75, 3.05) is 0 Å². The Bertz CT molecular complexity index is 3680. The number of pyridine rings is 2. The predicted molar refractivity (Wildman–Crippen MR) is 288 cm³/mol. The Balaban J connectivity index is 0.000000251. The van der Waals surface area contributed by atoms with E-state index in [4.69, 9.17) is 15.8 Å². The molecule has 0 fully saturated rings. The van der Waals surface area contributed by atoms with Crippen LogP contribution in [0.3, 0.4) is 0 Å². The molecule has 7 aromatic carbocycles. The number of rotatable bonds is 7. The van der Waals surface area contributed by atoms with Gasteiger partial charge in [-0.2, -0.15) is 0 Å². The zero-order chi connectivity index (χ0) is 49.1. The number of benzene rings is 7. The largest absolute Gasteiger partial charge is 0 e. The summed E-state index contributed by atoms with van der Waals surface area (Å²) in [6, 6.07) is 59.4. The summed E-state index contributed by atoms with van der Waals surface area (Å²) in [7, 11) is 0. The van der Waals surface area contributed by atoms with Gasteiger partial charge in [-0.15, -0.1) is 18.2 Å². The molecule has 0 atom stereocenters. The number of hydrogen-bond acceptors (Lipinski definition) is 4. The second kappa shape index (κ2) is 19.4. The molecular weight excluding hydrogens is 1100 g/mol. The zero-order valence-electron chi connectivity index (χ0n) is 42.0. The quantitative estimate of drug-likeness (QED) is 0.118. The summed E-state index contributed by atoms with van der Waals surface area (Å²) in [4.78, 5) is 14.8. The molecule has 0 bridgehead atoms. The van der Waals surface area contributed by atoms with Gasteiger partial charge in [0.25, 0.3) is 0 Å². The monoisotopic (exact) mass is 1160 g/mol. The first-order chi connectivity index (χ1) is 33.4. The van der Waals surface area contributed by atoms with Crippen LogP contribution in [0.4, 0.5) is 4.39 Å². The molecular formula is C62H55FGeIrN4O-2. The van der Waals surface area contributed by atoms with Crippen LogP contribution in [-0.2, 0) is 25.5 Å². The van der Waals surface area contributed by atoms with Crippen molar-refractivity contribution >= 4 is 61.5 Å². The number of hydrogen-bond donors (Lipinski definition) is 0. The first kappa shape index (κ1) is 47.2. The molecule has 4 aromatic heterocycles. The molecule has 0 saturated carbocycles. The van der Waals surface area contributed by atoms with Gasteiger partial charge in [-0.1, -0.05) is 98.5 Å². The number of aryl methyl sites for hydroxylation is 1. The molecule has 0 aliphatic heterocycles. The van der Waals surface area contributed by atoms with E-state index in [2.05, 4.69) is 139 Å². The maximum absolute atomic E-state index is 14.5. The van der Waals surface area contributed by atoms with Crippen LogP contribution < -0.4 is 4.40 Å². The molecule has 351 valence electrons. The van der Waals surface area contributed by atoms with Crippen molar-refractivity contribution in [2.24, 2.45) is 0 Å². The summed E-state index contributed by atoms with van der Waals surface area (Å²) < 4.78 is 33.1. The third-order valence-corrected chi connectivity index (χ3v) is 17.1. The summed E-state index contributed by atoms with van der Waals surface area (Å²) >= 11 is -2.03. The normalized spacial score (nSPS) is 12.2. The number of aromatic nitrogens is 4. The molecule has 4 heterocycles. The zero-order valence-corrected chi connectivity index (χ0v) is 45.5. The molecule has 0 aliphatic rings. The van der Waals surface area contributed by atoms with Gasteiger partial charge in [0.1, 0.15) is 5.82 Å². The topological polar surface area (TPSA) is 56.7 Å². The van der Waals surface area contributed by atoms with Gasteiger partial charge >= 0.3 is 120 Å². The summed E-state index contributed by atoms with van der Waals surface area (Å²) in [5.74, 6) is 6.84. The van der Waals surface area contributed by atoms with Crippen molar-refractivity contribution in [3.8, 4) is 50.6 Å². The van der Waals surface area contributed by atoms with E-state index in [1.807, 2.05) is 93.7 Å². The van der Waals surface area contributed by atoms with E-state index in [0.717, 1.165) is 88.6 Å². The van der Waals surface area contributed by atoms with Gasteiger partial charge in [-0.05, 0) is 82.9 Å². The third kappa shape index (κ3) is 9.31. The van der Waals surface area contributed by atoms with E-state index in [9.17, 15) is 4.39 Å². The molecule has 70 heavy (non-hydrogen) atoms. The molecule has 0 amide bonds. The molecule has 0 spiro atoms. The van der Waals surface area contributed by atoms with Crippen LogP contribution in [0.15, 0.2) is 168 Å². The summed E-state index contributed by atoms with van der Waals surface area (Å²) in [6.45, 7) is 12.6. The van der Waals surface area contributed by atoms with Crippen LogP contribution in [0, 0.1) is 24.9 Å². The fourth-order valence-corrected chi connectivity index (χ4v) is 12.6. The molecule has 1 radical (unpaired) electrons. The van der Waals surface area contributed by atoms with Crippen molar-refractivity contribution in [1.82, 2.24) is 19.5 Å². The molecule has 0 saturated heterocycles. The van der Waals surface area contributed by atoms with Crippen molar-refractivity contribution in [3.05, 3.63) is 199 Å². The predicted octanol–water partition coefficient (Wildman–Crippen LogP) is 16.2. The maximum atomic E-state index is 14.5. The van der Waals surface area contributed by atoms with E-state index in [1.165, 1.54) is 16.0 Å². The Kier molecular flexibility index (Phi) is 13.0. The van der Waals surface area contributed by atoms with Crippen molar-refractivity contribution < 1.29 is 30.3 Å². The Morgan fingerprint density at radius 3 is 2.01 bits per heavy atom. The smallest absolute Gasteiger partial charge is 0 e. The number of fused-ring (bicyclic) bond motifs is 6. The van der Waals surface area contributed by atoms with E-state index in [-0.39, 0.29) is 31.3 Å². The number of imidazole rings is 1. The Morgan fingerprint density at radius 1 is 0.714 bits per heavy atom. The van der Waals surface area contributed by atoms with Crippen LogP contribution in [0.25, 0.3) is 94.5 Å². The second-order valence-corrected chi connectivity index (χ2v) is 30.7. The Hall–Kier alpha value is -6.51. The fraction of sp³-hybridized carbons (Fsp3) is 0.177. The van der Waals surface area contributed by atoms with Crippen LogP contribution in [0.1, 0.15) is 58.7 Å². The first-order valence-corrected chi connectivity index (χ1v) is 30.9. The fourth-order valence-electron chi connectivity index (χ4n) is 9.27. The molecule has 0 unspecified atom stereocenters. The van der Waals surface area contributed by atoms with Gasteiger partial charge in [0, 0.05) is 47.7 Å². The summed E-state index contributed by atoms with van der Waals surface area (Å²) in [6.07, 6.45) is 2.00. The Morgan fingerprint density at radius 2 is 1.39 bits per heavy atom. The Labute approximate surface area is 428 Å². The van der Waals surface area contributed by atoms with E-state index >= 15 is 0 Å².